The first-order valence-electron chi connectivity index (χ1n) is 6.79. The van der Waals surface area contributed by atoms with E-state index in [9.17, 15) is 0 Å². The van der Waals surface area contributed by atoms with Crippen LogP contribution >= 0.6 is 0 Å². The van der Waals surface area contributed by atoms with Crippen LogP contribution in [0.1, 0.15) is 0 Å². The smallest absolute Gasteiger partial charge is 0.150 e. The van der Waals surface area contributed by atoms with Gasteiger partial charge in [0, 0.05) is 0 Å². The van der Waals surface area contributed by atoms with Crippen LogP contribution in [0.3, 0.4) is 0 Å². The number of rotatable bonds is 0. The summed E-state index contributed by atoms with van der Waals surface area (Å²) in [5, 5.41) is 0. The molecule has 2 bridgehead atoms. The molecule has 0 aliphatic heterocycles. The number of hydrogen-bond acceptors (Lipinski definition) is 2. The zero-order valence-corrected chi connectivity index (χ0v) is 11.2. The highest BCUT2D eigenvalue weighted by atomic mass is 16.3. The number of nitrogens with one attached hydrogen (secondary N) is 1. The zero-order valence-electron chi connectivity index (χ0n) is 11.2. The average Bonchev–Trinajstić information content (AvgIpc) is 2.57. The normalized spacial score (nSPS) is 10.9. The lowest BCUT2D eigenvalue weighted by molar-refractivity contribution is 0.650. The van der Waals surface area contributed by atoms with Crippen molar-refractivity contribution in [3.8, 4) is 0 Å². The second-order valence-electron chi connectivity index (χ2n) is 4.79. The summed E-state index contributed by atoms with van der Waals surface area (Å²) < 4.78 is 11.9. The lowest BCUT2D eigenvalue weighted by Crippen LogP contribution is -1.75. The molecule has 2 heterocycles. The Morgan fingerprint density at radius 3 is 1.43 bits per heavy atom. The molecule has 21 heavy (non-hydrogen) atoms. The Morgan fingerprint density at radius 1 is 0.524 bits per heavy atom. The molecule has 5 aromatic rings. The van der Waals surface area contributed by atoms with Gasteiger partial charge in [-0.3, -0.25) is 0 Å². The van der Waals surface area contributed by atoms with Crippen LogP contribution in [0.25, 0.3) is 33.4 Å². The summed E-state index contributed by atoms with van der Waals surface area (Å²) in [6.07, 6.45) is 0. The van der Waals surface area contributed by atoms with Crippen molar-refractivity contribution in [2.75, 3.05) is 0 Å². The quantitative estimate of drug-likeness (QED) is 0.470. The summed E-state index contributed by atoms with van der Waals surface area (Å²) in [5.41, 5.74) is 4.92. The molecule has 0 saturated carbocycles. The van der Waals surface area contributed by atoms with Gasteiger partial charge in [0.2, 0.25) is 0 Å². The van der Waals surface area contributed by atoms with Crippen LogP contribution in [0.2, 0.25) is 0 Å². The monoisotopic (exact) mass is 275 g/mol. The van der Waals surface area contributed by atoms with Crippen molar-refractivity contribution in [3.05, 3.63) is 72.8 Å². The summed E-state index contributed by atoms with van der Waals surface area (Å²) in [5.74, 6) is 0. The van der Waals surface area contributed by atoms with Crippen LogP contribution in [-0.4, -0.2) is 4.98 Å². The molecule has 5 rings (SSSR count). The third kappa shape index (κ3) is 2.30. The van der Waals surface area contributed by atoms with Gasteiger partial charge in [-0.15, -0.1) is 0 Å². The zero-order chi connectivity index (χ0) is 14.1. The van der Waals surface area contributed by atoms with Crippen LogP contribution in [0, 0.1) is 0 Å². The van der Waals surface area contributed by atoms with Gasteiger partial charge in [-0.25, -0.2) is 0 Å². The highest BCUT2D eigenvalue weighted by Gasteiger charge is 1.96. The molecule has 102 valence electrons. The maximum Gasteiger partial charge on any atom is 0.150 e. The van der Waals surface area contributed by atoms with E-state index in [4.69, 9.17) is 8.83 Å². The van der Waals surface area contributed by atoms with E-state index in [0.29, 0.717) is 0 Å². The van der Waals surface area contributed by atoms with E-state index in [0.717, 1.165) is 33.4 Å². The lowest BCUT2D eigenvalue weighted by Gasteiger charge is -1.95. The molecule has 0 spiro atoms. The highest BCUT2D eigenvalue weighted by molar-refractivity contribution is 5.79. The van der Waals surface area contributed by atoms with Crippen LogP contribution in [0.5, 0.6) is 0 Å². The van der Waals surface area contributed by atoms with Crippen molar-refractivity contribution in [1.29, 1.82) is 0 Å². The third-order valence-corrected chi connectivity index (χ3v) is 3.32. The molecule has 0 amide bonds. The highest BCUT2D eigenvalue weighted by Crippen LogP contribution is 2.17. The summed E-state index contributed by atoms with van der Waals surface area (Å²) in [6, 6.07) is 23.3. The second-order valence-corrected chi connectivity index (χ2v) is 4.79. The maximum atomic E-state index is 5.94. The van der Waals surface area contributed by atoms with Crippen molar-refractivity contribution >= 4 is 33.4 Å². The molecule has 2 aromatic heterocycles. The van der Waals surface area contributed by atoms with Gasteiger partial charge in [0.25, 0.3) is 0 Å². The summed E-state index contributed by atoms with van der Waals surface area (Å²) in [4.78, 5) is 3.38. The van der Waals surface area contributed by atoms with Crippen molar-refractivity contribution < 1.29 is 8.83 Å². The molecule has 0 aliphatic rings. The van der Waals surface area contributed by atoms with E-state index < -0.39 is 0 Å². The van der Waals surface area contributed by atoms with E-state index in [-0.39, 0.29) is 0 Å². The molecular formula is C18H13NO2. The Kier molecular flexibility index (Phi) is 2.75. The molecule has 0 saturated heterocycles. The average molecular weight is 275 g/mol. The number of aromatic amines is 1. The molecule has 0 fully saturated rings. The minimum atomic E-state index is 0.780. The lowest BCUT2D eigenvalue weighted by atomic mass is 10.3. The Balaban J connectivity index is 2.31. The predicted molar refractivity (Wildman–Crippen MR) is 84.3 cm³/mol. The summed E-state index contributed by atoms with van der Waals surface area (Å²) >= 11 is 0. The molecule has 3 heteroatoms. The van der Waals surface area contributed by atoms with E-state index in [1.807, 2.05) is 72.8 Å². The fourth-order valence-corrected chi connectivity index (χ4v) is 2.29. The van der Waals surface area contributed by atoms with Crippen LogP contribution in [0.4, 0.5) is 0 Å². The summed E-state index contributed by atoms with van der Waals surface area (Å²) in [6.45, 7) is 0. The fraction of sp³-hybridized carbons (Fsp3) is 0. The van der Waals surface area contributed by atoms with Gasteiger partial charge in [-0.2, -0.15) is 0 Å². The minimum Gasteiger partial charge on any atom is -0.455 e. The summed E-state index contributed by atoms with van der Waals surface area (Å²) in [7, 11) is 0. The number of para-hydroxylation sites is 4. The van der Waals surface area contributed by atoms with Crippen molar-refractivity contribution in [1.82, 2.24) is 4.98 Å². The molecule has 3 aromatic carbocycles. The largest absolute Gasteiger partial charge is 0.455 e. The molecule has 0 unspecified atom stereocenters. The maximum absolute atomic E-state index is 5.94. The SMILES string of the molecule is c1ccc2oc3ccc(cc3)oc3ccccc3[nH]c2c1. The van der Waals surface area contributed by atoms with E-state index in [2.05, 4.69) is 4.98 Å². The topological polar surface area (TPSA) is 42.1 Å². The first-order valence-corrected chi connectivity index (χ1v) is 6.79. The van der Waals surface area contributed by atoms with Gasteiger partial charge in [-0.05, 0) is 48.5 Å². The number of aromatic nitrogens is 1. The van der Waals surface area contributed by atoms with Gasteiger partial charge in [0.05, 0.1) is 11.0 Å². The number of hydrogen-bond donors (Lipinski definition) is 1. The second kappa shape index (κ2) is 4.87. The number of benzene rings is 3. The van der Waals surface area contributed by atoms with Gasteiger partial charge in [0.15, 0.2) is 11.2 Å². The van der Waals surface area contributed by atoms with Gasteiger partial charge < -0.3 is 13.8 Å². The first-order chi connectivity index (χ1) is 10.4. The molecule has 3 nitrogen and oxygen atoms in total. The third-order valence-electron chi connectivity index (χ3n) is 3.32. The molecule has 0 aliphatic carbocycles. The molecule has 0 radical (unpaired) electrons. The Bertz CT molecular complexity index is 903. The van der Waals surface area contributed by atoms with Gasteiger partial charge in [-0.1, -0.05) is 24.3 Å². The van der Waals surface area contributed by atoms with Crippen LogP contribution < -0.4 is 0 Å². The van der Waals surface area contributed by atoms with E-state index in [1.54, 1.807) is 0 Å². The Morgan fingerprint density at radius 2 is 0.952 bits per heavy atom. The molecule has 1 N–H and O–H groups in total. The van der Waals surface area contributed by atoms with Crippen LogP contribution in [-0.2, 0) is 0 Å². The number of H-pyrrole nitrogens is 1. The predicted octanol–water partition coefficient (Wildman–Crippen LogP) is 5.35. The van der Waals surface area contributed by atoms with E-state index in [1.165, 1.54) is 0 Å². The standard InChI is InChI=1S/C18H13NO2/c1-3-7-17-15(5-1)19-16-6-2-4-8-18(16)21-14-11-9-13(20-17)10-12-14/h1-12,19H. The number of fused-ring (bicyclic) bond motifs is 2. The minimum absolute atomic E-state index is 0.780. The van der Waals surface area contributed by atoms with E-state index >= 15 is 0 Å². The van der Waals surface area contributed by atoms with Crippen LogP contribution in [0.15, 0.2) is 81.6 Å². The Hall–Kier alpha value is -2.94. The molecule has 0 atom stereocenters. The van der Waals surface area contributed by atoms with Gasteiger partial charge in [0.1, 0.15) is 11.2 Å². The molecular weight excluding hydrogens is 262 g/mol. The van der Waals surface area contributed by atoms with Crippen molar-refractivity contribution in [2.24, 2.45) is 0 Å². The fourth-order valence-electron chi connectivity index (χ4n) is 2.29. The Labute approximate surface area is 120 Å². The van der Waals surface area contributed by atoms with Gasteiger partial charge >= 0.3 is 0 Å². The first kappa shape index (κ1) is 11.9. The van der Waals surface area contributed by atoms with Crippen molar-refractivity contribution in [2.45, 2.75) is 0 Å². The van der Waals surface area contributed by atoms with Crippen molar-refractivity contribution in [3.63, 3.8) is 0 Å².